The van der Waals surface area contributed by atoms with Crippen molar-refractivity contribution < 1.29 is 22.7 Å². The van der Waals surface area contributed by atoms with E-state index >= 15 is 0 Å². The zero-order valence-corrected chi connectivity index (χ0v) is 18.4. The first-order valence-corrected chi connectivity index (χ1v) is 11.2. The maximum absolute atomic E-state index is 12.9. The zero-order valence-electron chi connectivity index (χ0n) is 18.4. The van der Waals surface area contributed by atoms with Crippen LogP contribution in [-0.4, -0.2) is 36.7 Å². The molecule has 0 saturated heterocycles. The molecule has 2 aromatic carbocycles. The van der Waals surface area contributed by atoms with Gasteiger partial charge in [0.1, 0.15) is 0 Å². The van der Waals surface area contributed by atoms with E-state index < -0.39 is 12.1 Å². The third-order valence-electron chi connectivity index (χ3n) is 5.20. The number of carbonyl (C=O) groups is 1. The maximum Gasteiger partial charge on any atom is 0.471 e. The normalized spacial score (nSPS) is 11.5. The van der Waals surface area contributed by atoms with Gasteiger partial charge >= 0.3 is 12.1 Å². The number of ether oxygens (including phenoxy) is 1. The second-order valence-corrected chi connectivity index (χ2v) is 7.94. The van der Waals surface area contributed by atoms with E-state index in [0.717, 1.165) is 49.1 Å². The number of hydrogen-bond acceptors (Lipinski definition) is 3. The number of nitrogens with two attached hydrogens (primary N) is 1. The van der Waals surface area contributed by atoms with Crippen LogP contribution in [-0.2, 0) is 22.5 Å². The molecule has 0 atom stereocenters. The Morgan fingerprint density at radius 1 is 0.812 bits per heavy atom. The van der Waals surface area contributed by atoms with Crippen LogP contribution in [0.25, 0.3) is 0 Å². The third-order valence-corrected chi connectivity index (χ3v) is 5.20. The summed E-state index contributed by atoms with van der Waals surface area (Å²) in [7, 11) is 0. The number of unbranched alkanes of at least 4 members (excludes halogenated alkanes) is 4. The van der Waals surface area contributed by atoms with Gasteiger partial charge in [0.15, 0.2) is 0 Å². The number of anilines is 1. The van der Waals surface area contributed by atoms with Crippen LogP contribution >= 0.6 is 0 Å². The topological polar surface area (TPSA) is 55.6 Å². The highest BCUT2D eigenvalue weighted by molar-refractivity contribution is 5.81. The van der Waals surface area contributed by atoms with E-state index in [1.807, 2.05) is 24.3 Å². The molecule has 2 rings (SSSR count). The molecule has 0 spiro atoms. The number of halogens is 3. The molecule has 0 fully saturated rings. The summed E-state index contributed by atoms with van der Waals surface area (Å²) >= 11 is 0. The van der Waals surface area contributed by atoms with Gasteiger partial charge in [0.25, 0.3) is 0 Å². The van der Waals surface area contributed by atoms with Crippen LogP contribution in [0.3, 0.4) is 0 Å². The Labute approximate surface area is 188 Å². The Balaban J connectivity index is 1.54. The Bertz CT molecular complexity index is 780. The van der Waals surface area contributed by atoms with Crippen molar-refractivity contribution in [2.75, 3.05) is 25.5 Å². The van der Waals surface area contributed by atoms with Crippen molar-refractivity contribution in [2.24, 2.45) is 0 Å². The molecule has 1 amide bonds. The molecular weight excluding hydrogens is 417 g/mol. The summed E-state index contributed by atoms with van der Waals surface area (Å²) < 4.78 is 44.4. The minimum Gasteiger partial charge on any atom is -0.399 e. The molecule has 0 bridgehead atoms. The largest absolute Gasteiger partial charge is 0.471 e. The highest BCUT2D eigenvalue weighted by atomic mass is 19.4. The van der Waals surface area contributed by atoms with E-state index in [9.17, 15) is 18.0 Å². The van der Waals surface area contributed by atoms with Crippen molar-refractivity contribution in [1.82, 2.24) is 4.90 Å². The summed E-state index contributed by atoms with van der Waals surface area (Å²) in [6.07, 6.45) is 1.21. The zero-order chi connectivity index (χ0) is 23.2. The molecule has 0 heterocycles. The molecule has 176 valence electrons. The molecule has 32 heavy (non-hydrogen) atoms. The maximum atomic E-state index is 12.9. The molecule has 2 N–H and O–H groups in total. The second kappa shape index (κ2) is 13.8. The number of carbonyl (C=O) groups excluding carboxylic acids is 1. The fraction of sp³-hybridized carbons (Fsp3) is 0.480. The highest BCUT2D eigenvalue weighted by Crippen LogP contribution is 2.21. The van der Waals surface area contributed by atoms with E-state index in [4.69, 9.17) is 10.5 Å². The van der Waals surface area contributed by atoms with Gasteiger partial charge in [-0.2, -0.15) is 13.2 Å². The van der Waals surface area contributed by atoms with Gasteiger partial charge in [-0.25, -0.2) is 0 Å². The molecule has 0 saturated carbocycles. The average Bonchev–Trinajstić information content (AvgIpc) is 2.77. The minimum absolute atomic E-state index is 0.0291. The van der Waals surface area contributed by atoms with E-state index in [2.05, 4.69) is 0 Å². The van der Waals surface area contributed by atoms with Crippen LogP contribution < -0.4 is 5.73 Å². The van der Waals surface area contributed by atoms with Gasteiger partial charge in [0.2, 0.25) is 0 Å². The number of benzene rings is 2. The van der Waals surface area contributed by atoms with Crippen LogP contribution in [0.15, 0.2) is 54.6 Å². The first-order valence-electron chi connectivity index (χ1n) is 11.2. The van der Waals surface area contributed by atoms with Gasteiger partial charge in [-0.15, -0.1) is 0 Å². The van der Waals surface area contributed by atoms with Crippen LogP contribution in [0.5, 0.6) is 0 Å². The van der Waals surface area contributed by atoms with Crippen molar-refractivity contribution in [3.8, 4) is 0 Å². The number of nitrogen functional groups attached to an aromatic ring is 1. The van der Waals surface area contributed by atoms with E-state index in [0.29, 0.717) is 25.2 Å². The van der Waals surface area contributed by atoms with E-state index in [1.165, 1.54) is 5.56 Å². The molecule has 0 unspecified atom stereocenters. The summed E-state index contributed by atoms with van der Waals surface area (Å²) in [5, 5.41) is 0. The van der Waals surface area contributed by atoms with Gasteiger partial charge in [0.05, 0.1) is 0 Å². The lowest BCUT2D eigenvalue weighted by atomic mass is 10.1. The standard InChI is InChI=1S/C25H33F3N2O2/c26-25(27,28)24(31)30(20-22-11-4-3-5-12-22)17-7-1-2-8-18-32-19-9-6-10-21-13-15-23(29)16-14-21/h3-5,11-16H,1-2,6-10,17-20,29H2. The summed E-state index contributed by atoms with van der Waals surface area (Å²) in [6, 6.07) is 16.7. The Morgan fingerprint density at radius 3 is 2.09 bits per heavy atom. The lowest BCUT2D eigenvalue weighted by molar-refractivity contribution is -0.186. The lowest BCUT2D eigenvalue weighted by Crippen LogP contribution is -2.41. The smallest absolute Gasteiger partial charge is 0.399 e. The number of rotatable bonds is 14. The number of hydrogen-bond donors (Lipinski definition) is 1. The minimum atomic E-state index is -4.85. The quantitative estimate of drug-likeness (QED) is 0.294. The number of nitrogens with zero attached hydrogens (tertiary/aromatic N) is 1. The summed E-state index contributed by atoms with van der Waals surface area (Å²) in [4.78, 5) is 12.6. The van der Waals surface area contributed by atoms with Gasteiger partial charge in [-0.05, 0) is 55.4 Å². The molecule has 0 aliphatic carbocycles. The van der Waals surface area contributed by atoms with Crippen LogP contribution in [0.4, 0.5) is 18.9 Å². The average molecular weight is 451 g/mol. The molecule has 7 heteroatoms. The van der Waals surface area contributed by atoms with Crippen molar-refractivity contribution in [3.63, 3.8) is 0 Å². The lowest BCUT2D eigenvalue weighted by Gasteiger charge is -2.24. The Kier molecular flexibility index (Phi) is 11.1. The monoisotopic (exact) mass is 450 g/mol. The van der Waals surface area contributed by atoms with Crippen molar-refractivity contribution in [1.29, 1.82) is 0 Å². The van der Waals surface area contributed by atoms with Gasteiger partial charge in [-0.1, -0.05) is 55.3 Å². The predicted molar refractivity (Wildman–Crippen MR) is 121 cm³/mol. The van der Waals surface area contributed by atoms with Gasteiger partial charge in [0, 0.05) is 32.0 Å². The number of amides is 1. The second-order valence-electron chi connectivity index (χ2n) is 7.94. The van der Waals surface area contributed by atoms with E-state index in [-0.39, 0.29) is 13.1 Å². The summed E-state index contributed by atoms with van der Waals surface area (Å²) in [5.74, 6) is -1.77. The Morgan fingerprint density at radius 2 is 1.44 bits per heavy atom. The Hall–Kier alpha value is -2.54. The van der Waals surface area contributed by atoms with Crippen molar-refractivity contribution in [2.45, 2.75) is 57.7 Å². The fourth-order valence-electron chi connectivity index (χ4n) is 3.42. The van der Waals surface area contributed by atoms with Gasteiger partial charge in [-0.3, -0.25) is 4.79 Å². The number of alkyl halides is 3. The fourth-order valence-corrected chi connectivity index (χ4v) is 3.42. The predicted octanol–water partition coefficient (Wildman–Crippen LogP) is 5.76. The van der Waals surface area contributed by atoms with Crippen LogP contribution in [0.1, 0.15) is 49.7 Å². The van der Waals surface area contributed by atoms with E-state index in [1.54, 1.807) is 30.3 Å². The highest BCUT2D eigenvalue weighted by Gasteiger charge is 2.42. The van der Waals surface area contributed by atoms with Gasteiger partial charge < -0.3 is 15.4 Å². The van der Waals surface area contributed by atoms with Crippen molar-refractivity contribution >= 4 is 11.6 Å². The SMILES string of the molecule is Nc1ccc(CCCCOCCCCCCN(Cc2ccccc2)C(=O)C(F)(F)F)cc1. The molecule has 2 aromatic rings. The molecular formula is C25H33F3N2O2. The molecule has 4 nitrogen and oxygen atoms in total. The molecule has 0 aliphatic heterocycles. The van der Waals surface area contributed by atoms with Crippen LogP contribution in [0.2, 0.25) is 0 Å². The number of aryl methyl sites for hydroxylation is 1. The third kappa shape index (κ3) is 10.2. The molecule has 0 aliphatic rings. The summed E-state index contributed by atoms with van der Waals surface area (Å²) in [5.41, 5.74) is 8.40. The van der Waals surface area contributed by atoms with Crippen LogP contribution in [0, 0.1) is 0 Å². The molecule has 0 aromatic heterocycles. The molecule has 0 radical (unpaired) electrons. The van der Waals surface area contributed by atoms with Crippen molar-refractivity contribution in [3.05, 3.63) is 65.7 Å². The first-order chi connectivity index (χ1) is 15.4. The summed E-state index contributed by atoms with van der Waals surface area (Å²) in [6.45, 7) is 1.43. The first kappa shape index (κ1) is 25.7.